The first kappa shape index (κ1) is 21.3. The predicted octanol–water partition coefficient (Wildman–Crippen LogP) is 3.59. The van der Waals surface area contributed by atoms with Gasteiger partial charge in [0.15, 0.2) is 0 Å². The molecule has 8 nitrogen and oxygen atoms in total. The lowest BCUT2D eigenvalue weighted by Gasteiger charge is -2.33. The Kier molecular flexibility index (Phi) is 5.97. The Hall–Kier alpha value is -2.91. The number of methoxy groups -OCH3 is 2. The second kappa shape index (κ2) is 8.68. The number of hydrogen-bond acceptors (Lipinski definition) is 7. The van der Waals surface area contributed by atoms with Gasteiger partial charge in [0, 0.05) is 0 Å². The van der Waals surface area contributed by atoms with Crippen molar-refractivity contribution in [3.8, 4) is 22.9 Å². The number of benzene rings is 2. The third-order valence-corrected chi connectivity index (χ3v) is 6.75. The fourth-order valence-electron chi connectivity index (χ4n) is 4.04. The minimum absolute atomic E-state index is 0.00286. The quantitative estimate of drug-likeness (QED) is 0.551. The van der Waals surface area contributed by atoms with Gasteiger partial charge in [0.05, 0.1) is 38.6 Å². The molecule has 0 amide bonds. The van der Waals surface area contributed by atoms with Gasteiger partial charge in [-0.2, -0.15) is 9.29 Å². The normalized spacial score (nSPS) is 16.2. The van der Waals surface area contributed by atoms with Crippen LogP contribution >= 0.6 is 0 Å². The van der Waals surface area contributed by atoms with Gasteiger partial charge in [-0.1, -0.05) is 29.4 Å². The minimum Gasteiger partial charge on any atom is -0.497 e. The summed E-state index contributed by atoms with van der Waals surface area (Å²) < 4.78 is 43.0. The maximum atomic E-state index is 12.7. The van der Waals surface area contributed by atoms with Crippen LogP contribution in [-0.2, 0) is 23.0 Å². The van der Waals surface area contributed by atoms with E-state index in [1.54, 1.807) is 32.4 Å². The van der Waals surface area contributed by atoms with Crippen LogP contribution in [0, 0.1) is 0 Å². The average Bonchev–Trinajstić information content (AvgIpc) is 3.24. The summed E-state index contributed by atoms with van der Waals surface area (Å²) in [6, 6.07) is 13.0. The predicted molar refractivity (Wildman–Crippen MR) is 115 cm³/mol. The van der Waals surface area contributed by atoms with E-state index in [1.165, 1.54) is 16.1 Å². The van der Waals surface area contributed by atoms with E-state index >= 15 is 0 Å². The first-order valence-electron chi connectivity index (χ1n) is 10.0. The maximum Gasteiger partial charge on any atom is 0.242 e. The second-order valence-electron chi connectivity index (χ2n) is 7.49. The number of fused-ring (bicyclic) bond motifs is 1. The molecule has 0 unspecified atom stereocenters. The molecule has 1 heterocycles. The molecule has 31 heavy (non-hydrogen) atoms. The molecule has 0 saturated carbocycles. The summed E-state index contributed by atoms with van der Waals surface area (Å²) in [6.07, 6.45) is 3.83. The van der Waals surface area contributed by atoms with Crippen LogP contribution in [0.2, 0.25) is 0 Å². The van der Waals surface area contributed by atoms with Crippen LogP contribution in [0.4, 0.5) is 0 Å². The molecule has 3 aromatic rings. The highest BCUT2D eigenvalue weighted by molar-refractivity contribution is 7.88. The average molecular weight is 444 g/mol. The lowest BCUT2D eigenvalue weighted by molar-refractivity contribution is 0.251. The molecule has 0 bridgehead atoms. The van der Waals surface area contributed by atoms with Gasteiger partial charge in [0.1, 0.15) is 11.5 Å². The molecule has 0 N–H and O–H groups in total. The monoisotopic (exact) mass is 443 g/mol. The maximum absolute atomic E-state index is 12.7. The highest BCUT2D eigenvalue weighted by Gasteiger charge is 2.33. The van der Waals surface area contributed by atoms with Crippen molar-refractivity contribution in [1.29, 1.82) is 0 Å². The lowest BCUT2D eigenvalue weighted by atomic mass is 9.88. The molecule has 0 fully saturated rings. The van der Waals surface area contributed by atoms with Gasteiger partial charge in [0.25, 0.3) is 0 Å². The Bertz CT molecular complexity index is 1180. The van der Waals surface area contributed by atoms with Crippen LogP contribution < -0.4 is 9.47 Å². The van der Waals surface area contributed by atoms with Gasteiger partial charge in [0.2, 0.25) is 21.7 Å². The molecule has 0 spiro atoms. The number of ether oxygens (including phenoxy) is 2. The van der Waals surface area contributed by atoms with Crippen LogP contribution in [-0.4, -0.2) is 43.3 Å². The van der Waals surface area contributed by atoms with E-state index in [0.717, 1.165) is 24.8 Å². The Balaban J connectivity index is 1.66. The van der Waals surface area contributed by atoms with E-state index in [0.29, 0.717) is 22.9 Å². The Morgan fingerprint density at radius 1 is 1.16 bits per heavy atom. The zero-order valence-corrected chi connectivity index (χ0v) is 18.6. The topological polar surface area (TPSA) is 94.8 Å². The lowest BCUT2D eigenvalue weighted by Crippen LogP contribution is -2.35. The van der Waals surface area contributed by atoms with Crippen molar-refractivity contribution in [1.82, 2.24) is 14.4 Å². The summed E-state index contributed by atoms with van der Waals surface area (Å²) >= 11 is 0. The summed E-state index contributed by atoms with van der Waals surface area (Å²) in [6.45, 7) is -0.00286. The number of aromatic nitrogens is 2. The van der Waals surface area contributed by atoms with Crippen molar-refractivity contribution in [3.05, 3.63) is 59.5 Å². The zero-order valence-electron chi connectivity index (χ0n) is 17.7. The number of hydrogen-bond donors (Lipinski definition) is 0. The Morgan fingerprint density at radius 2 is 1.97 bits per heavy atom. The van der Waals surface area contributed by atoms with Crippen molar-refractivity contribution in [2.75, 3.05) is 20.5 Å². The van der Waals surface area contributed by atoms with E-state index in [4.69, 9.17) is 14.0 Å². The SMILES string of the molecule is COc1ccc(OC)c(-c2noc(CN([C@H]3CCCc4ccccc43)S(C)(=O)=O)n2)c1. The molecule has 1 aromatic heterocycles. The van der Waals surface area contributed by atoms with Crippen molar-refractivity contribution in [3.63, 3.8) is 0 Å². The zero-order chi connectivity index (χ0) is 22.0. The summed E-state index contributed by atoms with van der Waals surface area (Å²) in [4.78, 5) is 4.45. The standard InChI is InChI=1S/C22H25N3O5S/c1-28-16-11-12-20(29-2)18(13-16)22-23-21(30-24-22)14-25(31(3,26)27)19-10-6-8-15-7-4-5-9-17(15)19/h4-5,7,9,11-13,19H,6,8,10,14H2,1-3H3/t19-/m0/s1. The molecule has 0 aliphatic heterocycles. The molecule has 0 saturated heterocycles. The van der Waals surface area contributed by atoms with Gasteiger partial charge in [-0.15, -0.1) is 0 Å². The summed E-state index contributed by atoms with van der Waals surface area (Å²) in [5, 5.41) is 4.05. The number of nitrogens with zero attached hydrogens (tertiary/aromatic N) is 3. The van der Waals surface area contributed by atoms with Crippen LogP contribution in [0.25, 0.3) is 11.4 Å². The molecule has 9 heteroatoms. The second-order valence-corrected chi connectivity index (χ2v) is 9.43. The molecule has 164 valence electrons. The van der Waals surface area contributed by atoms with E-state index in [9.17, 15) is 8.42 Å². The number of aryl methyl sites for hydroxylation is 1. The third kappa shape index (κ3) is 4.42. The third-order valence-electron chi connectivity index (χ3n) is 5.52. The van der Waals surface area contributed by atoms with E-state index in [1.807, 2.05) is 18.2 Å². The first-order valence-corrected chi connectivity index (χ1v) is 11.8. The van der Waals surface area contributed by atoms with E-state index < -0.39 is 10.0 Å². The first-order chi connectivity index (χ1) is 14.9. The summed E-state index contributed by atoms with van der Waals surface area (Å²) in [7, 11) is -0.401. The van der Waals surface area contributed by atoms with Crippen LogP contribution in [0.5, 0.6) is 11.5 Å². The van der Waals surface area contributed by atoms with Crippen molar-refractivity contribution in [2.45, 2.75) is 31.8 Å². The van der Waals surface area contributed by atoms with Crippen molar-refractivity contribution in [2.24, 2.45) is 0 Å². The fourth-order valence-corrected chi connectivity index (χ4v) is 5.06. The van der Waals surface area contributed by atoms with Gasteiger partial charge < -0.3 is 14.0 Å². The summed E-state index contributed by atoms with van der Waals surface area (Å²) in [5.41, 5.74) is 2.82. The van der Waals surface area contributed by atoms with E-state index in [2.05, 4.69) is 16.2 Å². The fraction of sp³-hybridized carbons (Fsp3) is 0.364. The molecular formula is C22H25N3O5S. The smallest absolute Gasteiger partial charge is 0.242 e. The molecule has 2 aromatic carbocycles. The summed E-state index contributed by atoms with van der Waals surface area (Å²) in [5.74, 6) is 1.71. The van der Waals surface area contributed by atoms with Gasteiger partial charge in [-0.05, 0) is 48.6 Å². The number of sulfonamides is 1. The van der Waals surface area contributed by atoms with Crippen molar-refractivity contribution < 1.29 is 22.4 Å². The highest BCUT2D eigenvalue weighted by atomic mass is 32.2. The van der Waals surface area contributed by atoms with Crippen LogP contribution in [0.15, 0.2) is 47.0 Å². The molecule has 1 aliphatic rings. The molecule has 0 radical (unpaired) electrons. The van der Waals surface area contributed by atoms with E-state index in [-0.39, 0.29) is 18.5 Å². The molecule has 4 rings (SSSR count). The largest absolute Gasteiger partial charge is 0.497 e. The molecule has 1 aliphatic carbocycles. The van der Waals surface area contributed by atoms with Gasteiger partial charge >= 0.3 is 0 Å². The number of rotatable bonds is 7. The minimum atomic E-state index is -3.52. The molecular weight excluding hydrogens is 418 g/mol. The Morgan fingerprint density at radius 3 is 2.71 bits per heavy atom. The van der Waals surface area contributed by atoms with Crippen molar-refractivity contribution >= 4 is 10.0 Å². The van der Waals surface area contributed by atoms with Gasteiger partial charge in [-0.25, -0.2) is 8.42 Å². The van der Waals surface area contributed by atoms with Crippen LogP contribution in [0.1, 0.15) is 35.9 Å². The molecule has 1 atom stereocenters. The van der Waals surface area contributed by atoms with Crippen LogP contribution in [0.3, 0.4) is 0 Å². The van der Waals surface area contributed by atoms with Gasteiger partial charge in [-0.3, -0.25) is 0 Å². The Labute approximate surface area is 181 Å². The highest BCUT2D eigenvalue weighted by Crippen LogP contribution is 2.37.